The molecule has 2 aromatic carbocycles. The van der Waals surface area contributed by atoms with E-state index in [1.54, 1.807) is 13.2 Å². The molecule has 1 saturated heterocycles. The summed E-state index contributed by atoms with van der Waals surface area (Å²) in [5, 5.41) is 5.43. The van der Waals surface area contributed by atoms with E-state index >= 15 is 0 Å². The molecule has 4 rings (SSSR count). The average Bonchev–Trinajstić information content (AvgIpc) is 2.87. The van der Waals surface area contributed by atoms with Gasteiger partial charge in [-0.2, -0.15) is 0 Å². The Balaban J connectivity index is 1.63. The van der Waals surface area contributed by atoms with Crippen LogP contribution in [-0.4, -0.2) is 49.3 Å². The van der Waals surface area contributed by atoms with Crippen LogP contribution in [0.2, 0.25) is 0 Å². The Bertz CT molecular complexity index is 1220. The van der Waals surface area contributed by atoms with Crippen LogP contribution in [0.4, 0.5) is 31.8 Å². The van der Waals surface area contributed by atoms with Crippen LogP contribution in [0, 0.1) is 11.6 Å². The summed E-state index contributed by atoms with van der Waals surface area (Å²) in [7, 11) is 1.61. The Kier molecular flexibility index (Phi) is 6.98. The molecule has 1 fully saturated rings. The lowest BCUT2D eigenvalue weighted by molar-refractivity contribution is -0.111. The van der Waals surface area contributed by atoms with E-state index in [4.69, 9.17) is 9.47 Å². The summed E-state index contributed by atoms with van der Waals surface area (Å²) in [6.45, 7) is 6.04. The summed E-state index contributed by atoms with van der Waals surface area (Å²) in [6.07, 6.45) is 2.04. The van der Waals surface area contributed by atoms with Crippen molar-refractivity contribution < 1.29 is 23.0 Å². The second-order valence-corrected chi connectivity index (χ2v) is 7.39. The van der Waals surface area contributed by atoms with Gasteiger partial charge < -0.3 is 25.0 Å². The van der Waals surface area contributed by atoms with E-state index < -0.39 is 17.5 Å². The molecule has 1 aromatic heterocycles. The predicted octanol–water partition coefficient (Wildman–Crippen LogP) is 4.14. The normalized spacial score (nSPS) is 13.3. The highest BCUT2D eigenvalue weighted by Crippen LogP contribution is 2.33. The van der Waals surface area contributed by atoms with Crippen molar-refractivity contribution in [1.82, 2.24) is 9.97 Å². The summed E-state index contributed by atoms with van der Waals surface area (Å²) in [5.41, 5.74) is 1.68. The van der Waals surface area contributed by atoms with Crippen LogP contribution < -0.4 is 20.3 Å². The molecule has 1 amide bonds. The molecule has 0 spiro atoms. The number of anilines is 4. The van der Waals surface area contributed by atoms with Gasteiger partial charge >= 0.3 is 0 Å². The third kappa shape index (κ3) is 5.12. The molecular formula is C24H23F2N5O3. The molecule has 2 heterocycles. The quantitative estimate of drug-likeness (QED) is 0.505. The Morgan fingerprint density at radius 1 is 1.18 bits per heavy atom. The first kappa shape index (κ1) is 23.1. The lowest BCUT2D eigenvalue weighted by Crippen LogP contribution is -2.36. The van der Waals surface area contributed by atoms with Crippen LogP contribution in [0.3, 0.4) is 0 Å². The molecule has 34 heavy (non-hydrogen) atoms. The van der Waals surface area contributed by atoms with Crippen LogP contribution in [0.15, 0.2) is 55.3 Å². The maximum absolute atomic E-state index is 14.6. The number of hydrogen-bond acceptors (Lipinski definition) is 7. The summed E-state index contributed by atoms with van der Waals surface area (Å²) in [4.78, 5) is 22.0. The molecule has 0 aliphatic carbocycles. The maximum atomic E-state index is 14.6. The zero-order valence-corrected chi connectivity index (χ0v) is 18.5. The van der Waals surface area contributed by atoms with Gasteiger partial charge in [0, 0.05) is 24.3 Å². The van der Waals surface area contributed by atoms with Crippen LogP contribution in [0.25, 0.3) is 11.3 Å². The first-order valence-corrected chi connectivity index (χ1v) is 10.5. The van der Waals surface area contributed by atoms with Crippen molar-refractivity contribution >= 4 is 28.9 Å². The number of nitrogens with zero attached hydrogens (tertiary/aromatic N) is 3. The summed E-state index contributed by atoms with van der Waals surface area (Å²) in [6, 6.07) is 9.33. The van der Waals surface area contributed by atoms with E-state index in [1.807, 2.05) is 12.1 Å². The monoisotopic (exact) mass is 467 g/mol. The van der Waals surface area contributed by atoms with Crippen LogP contribution in [0.5, 0.6) is 5.75 Å². The number of carbonyl (C=O) groups is 1. The van der Waals surface area contributed by atoms with Crippen LogP contribution >= 0.6 is 0 Å². The second-order valence-electron chi connectivity index (χ2n) is 7.39. The number of ether oxygens (including phenoxy) is 2. The first-order chi connectivity index (χ1) is 16.5. The van der Waals surface area contributed by atoms with Crippen molar-refractivity contribution in [1.29, 1.82) is 0 Å². The fourth-order valence-corrected chi connectivity index (χ4v) is 3.53. The molecule has 0 radical (unpaired) electrons. The van der Waals surface area contributed by atoms with E-state index in [2.05, 4.69) is 32.1 Å². The van der Waals surface area contributed by atoms with Crippen LogP contribution in [-0.2, 0) is 9.53 Å². The van der Waals surface area contributed by atoms with E-state index in [0.29, 0.717) is 24.7 Å². The van der Waals surface area contributed by atoms with Crippen molar-refractivity contribution in [3.8, 4) is 17.0 Å². The lowest BCUT2D eigenvalue weighted by atomic mass is 10.1. The van der Waals surface area contributed by atoms with Crippen LogP contribution in [0.1, 0.15) is 0 Å². The number of aromatic nitrogens is 2. The molecule has 176 valence electrons. The van der Waals surface area contributed by atoms with Gasteiger partial charge in [-0.15, -0.1) is 0 Å². The maximum Gasteiger partial charge on any atom is 0.247 e. The number of halogens is 2. The summed E-state index contributed by atoms with van der Waals surface area (Å²) >= 11 is 0. The average molecular weight is 467 g/mol. The van der Waals surface area contributed by atoms with Gasteiger partial charge in [0.15, 0.2) is 5.82 Å². The number of nitrogens with one attached hydrogen (secondary N) is 2. The van der Waals surface area contributed by atoms with Crippen molar-refractivity contribution in [3.63, 3.8) is 0 Å². The number of amides is 1. The van der Waals surface area contributed by atoms with Gasteiger partial charge in [-0.05, 0) is 42.5 Å². The molecule has 1 aliphatic heterocycles. The van der Waals surface area contributed by atoms with Gasteiger partial charge in [0.05, 0.1) is 37.9 Å². The zero-order valence-electron chi connectivity index (χ0n) is 18.5. The van der Waals surface area contributed by atoms with Gasteiger partial charge in [0.2, 0.25) is 11.9 Å². The minimum atomic E-state index is -0.693. The SMILES string of the molecule is C=CC(=O)Nc1cc(-c2nc(Nc3ccc(OC)c(N4CCOCC4)c3)ncc2F)ccc1F. The third-order valence-corrected chi connectivity index (χ3v) is 5.21. The van der Waals surface area contributed by atoms with Gasteiger partial charge in [-0.3, -0.25) is 4.79 Å². The molecule has 0 atom stereocenters. The number of rotatable bonds is 7. The predicted molar refractivity (Wildman–Crippen MR) is 126 cm³/mol. The molecule has 10 heteroatoms. The minimum Gasteiger partial charge on any atom is -0.495 e. The van der Waals surface area contributed by atoms with E-state index in [1.165, 1.54) is 12.1 Å². The fourth-order valence-electron chi connectivity index (χ4n) is 3.53. The highest BCUT2D eigenvalue weighted by atomic mass is 19.1. The molecule has 2 N–H and O–H groups in total. The molecular weight excluding hydrogens is 444 g/mol. The highest BCUT2D eigenvalue weighted by molar-refractivity contribution is 5.99. The third-order valence-electron chi connectivity index (χ3n) is 5.21. The number of methoxy groups -OCH3 is 1. The molecule has 0 bridgehead atoms. The first-order valence-electron chi connectivity index (χ1n) is 10.5. The Hall–Kier alpha value is -4.05. The number of morpholine rings is 1. The summed E-state index contributed by atoms with van der Waals surface area (Å²) in [5.74, 6) is -1.08. The van der Waals surface area contributed by atoms with Gasteiger partial charge in [-0.25, -0.2) is 18.7 Å². The molecule has 1 aliphatic rings. The molecule has 0 saturated carbocycles. The summed E-state index contributed by atoms with van der Waals surface area (Å²) < 4.78 is 39.6. The van der Waals surface area contributed by atoms with Gasteiger partial charge in [0.1, 0.15) is 17.3 Å². The molecule has 0 unspecified atom stereocenters. The molecule has 8 nitrogen and oxygen atoms in total. The minimum absolute atomic E-state index is 0.0477. The smallest absolute Gasteiger partial charge is 0.247 e. The second kappa shape index (κ2) is 10.3. The largest absolute Gasteiger partial charge is 0.495 e. The number of benzene rings is 2. The molecule has 3 aromatic rings. The standard InChI is InChI=1S/C24H23F2N5O3/c1-3-22(32)29-19-12-15(4-6-17(19)25)23-18(26)14-27-24(30-23)28-16-5-7-21(33-2)20(13-16)31-8-10-34-11-9-31/h3-7,12-14H,1,8-11H2,2H3,(H,29,32)(H,27,28,30). The van der Waals surface area contributed by atoms with E-state index in [9.17, 15) is 13.6 Å². The van der Waals surface area contributed by atoms with E-state index in [-0.39, 0.29) is 22.9 Å². The lowest BCUT2D eigenvalue weighted by Gasteiger charge is -2.30. The van der Waals surface area contributed by atoms with E-state index in [0.717, 1.165) is 37.1 Å². The Labute approximate surface area is 195 Å². The number of carbonyl (C=O) groups excluding carboxylic acids is 1. The Morgan fingerprint density at radius 3 is 2.71 bits per heavy atom. The Morgan fingerprint density at radius 2 is 1.97 bits per heavy atom. The topological polar surface area (TPSA) is 88.6 Å². The zero-order chi connectivity index (χ0) is 24.1. The van der Waals surface area contributed by atoms with Gasteiger partial charge in [-0.1, -0.05) is 6.58 Å². The van der Waals surface area contributed by atoms with Crippen molar-refractivity contribution in [2.24, 2.45) is 0 Å². The van der Waals surface area contributed by atoms with Gasteiger partial charge in [0.25, 0.3) is 0 Å². The number of hydrogen-bond donors (Lipinski definition) is 2. The van der Waals surface area contributed by atoms with Crippen molar-refractivity contribution in [3.05, 3.63) is 66.9 Å². The van der Waals surface area contributed by atoms with Crippen molar-refractivity contribution in [2.75, 3.05) is 48.9 Å². The fraction of sp³-hybridized carbons (Fsp3) is 0.208. The highest BCUT2D eigenvalue weighted by Gasteiger charge is 2.17. The van der Waals surface area contributed by atoms with Crippen molar-refractivity contribution in [2.45, 2.75) is 0 Å².